The summed E-state index contributed by atoms with van der Waals surface area (Å²) in [5.41, 5.74) is 0. The van der Waals surface area contributed by atoms with E-state index in [9.17, 15) is 4.79 Å². The standard InChI is InChI=1S/C22H23NO3/c24-22(23-17-9-2-1-3-10-17)21-14-13-18(26-21)15-25-20-12-6-8-16-7-4-5-11-19(16)20/h4-8,11-14,17H,1-3,9-10,15H2,(H,23,24). The highest BCUT2D eigenvalue weighted by molar-refractivity contribution is 5.91. The minimum Gasteiger partial charge on any atom is -0.485 e. The average molecular weight is 349 g/mol. The van der Waals surface area contributed by atoms with Gasteiger partial charge in [0.1, 0.15) is 18.1 Å². The Morgan fingerprint density at radius 1 is 1.00 bits per heavy atom. The Hall–Kier alpha value is -2.75. The van der Waals surface area contributed by atoms with Crippen LogP contribution in [-0.4, -0.2) is 11.9 Å². The number of benzene rings is 2. The Balaban J connectivity index is 1.39. The Morgan fingerprint density at radius 3 is 2.69 bits per heavy atom. The fraction of sp³-hybridized carbons (Fsp3) is 0.318. The zero-order valence-electron chi connectivity index (χ0n) is 14.7. The third kappa shape index (κ3) is 3.74. The van der Waals surface area contributed by atoms with E-state index in [1.165, 1.54) is 19.3 Å². The first-order chi connectivity index (χ1) is 12.8. The minimum absolute atomic E-state index is 0.131. The fourth-order valence-corrected chi connectivity index (χ4v) is 3.55. The largest absolute Gasteiger partial charge is 0.485 e. The summed E-state index contributed by atoms with van der Waals surface area (Å²) < 4.78 is 11.6. The molecule has 0 saturated heterocycles. The van der Waals surface area contributed by atoms with Crippen LogP contribution in [0.3, 0.4) is 0 Å². The van der Waals surface area contributed by atoms with Crippen molar-refractivity contribution in [1.29, 1.82) is 0 Å². The van der Waals surface area contributed by atoms with Crippen molar-refractivity contribution in [3.8, 4) is 5.75 Å². The molecule has 26 heavy (non-hydrogen) atoms. The quantitative estimate of drug-likeness (QED) is 0.699. The second-order valence-electron chi connectivity index (χ2n) is 6.84. The monoisotopic (exact) mass is 349 g/mol. The van der Waals surface area contributed by atoms with Crippen LogP contribution in [0.5, 0.6) is 5.75 Å². The fourth-order valence-electron chi connectivity index (χ4n) is 3.55. The van der Waals surface area contributed by atoms with Crippen LogP contribution in [0.4, 0.5) is 0 Å². The number of furan rings is 1. The van der Waals surface area contributed by atoms with E-state index in [2.05, 4.69) is 17.4 Å². The molecule has 0 spiro atoms. The maximum absolute atomic E-state index is 12.3. The van der Waals surface area contributed by atoms with Gasteiger partial charge in [-0.2, -0.15) is 0 Å². The van der Waals surface area contributed by atoms with E-state index in [1.54, 1.807) is 12.1 Å². The average Bonchev–Trinajstić information content (AvgIpc) is 3.16. The van der Waals surface area contributed by atoms with Crippen molar-refractivity contribution in [2.24, 2.45) is 0 Å². The zero-order valence-corrected chi connectivity index (χ0v) is 14.7. The molecule has 134 valence electrons. The summed E-state index contributed by atoms with van der Waals surface area (Å²) in [7, 11) is 0. The molecule has 0 atom stereocenters. The van der Waals surface area contributed by atoms with Gasteiger partial charge in [0.05, 0.1) is 0 Å². The number of carbonyl (C=O) groups is 1. The highest BCUT2D eigenvalue weighted by Crippen LogP contribution is 2.26. The molecule has 4 rings (SSSR count). The van der Waals surface area contributed by atoms with E-state index in [-0.39, 0.29) is 11.9 Å². The lowest BCUT2D eigenvalue weighted by atomic mass is 9.95. The molecule has 1 saturated carbocycles. The van der Waals surface area contributed by atoms with E-state index in [1.807, 2.05) is 30.3 Å². The molecule has 1 heterocycles. The molecule has 3 aromatic rings. The van der Waals surface area contributed by atoms with Gasteiger partial charge in [-0.25, -0.2) is 0 Å². The molecule has 2 aromatic carbocycles. The molecule has 1 amide bonds. The molecule has 1 aliphatic rings. The van der Waals surface area contributed by atoms with E-state index < -0.39 is 0 Å². The van der Waals surface area contributed by atoms with Crippen LogP contribution in [0.15, 0.2) is 59.0 Å². The summed E-state index contributed by atoms with van der Waals surface area (Å²) in [5.74, 6) is 1.68. The number of rotatable bonds is 5. The van der Waals surface area contributed by atoms with Gasteiger partial charge < -0.3 is 14.5 Å². The Bertz CT molecular complexity index is 888. The summed E-state index contributed by atoms with van der Waals surface area (Å²) >= 11 is 0. The predicted octanol–water partition coefficient (Wildman–Crippen LogP) is 5.07. The van der Waals surface area contributed by atoms with Crippen LogP contribution in [0.1, 0.15) is 48.4 Å². The van der Waals surface area contributed by atoms with Crippen molar-refractivity contribution < 1.29 is 13.9 Å². The SMILES string of the molecule is O=C(NC1CCCCC1)c1ccc(COc2cccc3ccccc23)o1. The van der Waals surface area contributed by atoms with E-state index >= 15 is 0 Å². The van der Waals surface area contributed by atoms with Gasteiger partial charge in [-0.05, 0) is 36.4 Å². The number of fused-ring (bicyclic) bond motifs is 1. The van der Waals surface area contributed by atoms with E-state index in [0.29, 0.717) is 18.1 Å². The maximum Gasteiger partial charge on any atom is 0.287 e. The van der Waals surface area contributed by atoms with Gasteiger partial charge in [-0.1, -0.05) is 55.7 Å². The second kappa shape index (κ2) is 7.65. The lowest BCUT2D eigenvalue weighted by molar-refractivity contribution is 0.0895. The number of nitrogens with one attached hydrogen (secondary N) is 1. The van der Waals surface area contributed by atoms with Gasteiger partial charge in [0.2, 0.25) is 0 Å². The van der Waals surface area contributed by atoms with Gasteiger partial charge in [0.25, 0.3) is 5.91 Å². The highest BCUT2D eigenvalue weighted by atomic mass is 16.5. The van der Waals surface area contributed by atoms with Crippen molar-refractivity contribution in [2.75, 3.05) is 0 Å². The second-order valence-corrected chi connectivity index (χ2v) is 6.84. The van der Waals surface area contributed by atoms with Gasteiger partial charge in [0, 0.05) is 11.4 Å². The molecule has 0 bridgehead atoms. The predicted molar refractivity (Wildman–Crippen MR) is 101 cm³/mol. The van der Waals surface area contributed by atoms with Gasteiger partial charge in [-0.3, -0.25) is 4.79 Å². The van der Waals surface area contributed by atoms with Crippen molar-refractivity contribution in [3.05, 3.63) is 66.1 Å². The topological polar surface area (TPSA) is 51.5 Å². The number of carbonyl (C=O) groups excluding carboxylic acids is 1. The summed E-state index contributed by atoms with van der Waals surface area (Å²) in [6, 6.07) is 17.9. The third-order valence-electron chi connectivity index (χ3n) is 4.95. The molecule has 4 nitrogen and oxygen atoms in total. The smallest absolute Gasteiger partial charge is 0.287 e. The van der Waals surface area contributed by atoms with Crippen LogP contribution in [-0.2, 0) is 6.61 Å². The Labute approximate surface area is 153 Å². The van der Waals surface area contributed by atoms with E-state index in [0.717, 1.165) is 29.4 Å². The first kappa shape index (κ1) is 16.7. The molecule has 0 radical (unpaired) electrons. The summed E-state index contributed by atoms with van der Waals surface area (Å²) in [5, 5.41) is 5.28. The van der Waals surface area contributed by atoms with Gasteiger partial charge in [-0.15, -0.1) is 0 Å². The number of amides is 1. The molecule has 1 N–H and O–H groups in total. The number of ether oxygens (including phenoxy) is 1. The maximum atomic E-state index is 12.3. The van der Waals surface area contributed by atoms with Crippen molar-refractivity contribution in [2.45, 2.75) is 44.8 Å². The van der Waals surface area contributed by atoms with Crippen LogP contribution < -0.4 is 10.1 Å². The number of hydrogen-bond acceptors (Lipinski definition) is 3. The molecule has 0 unspecified atom stereocenters. The summed E-state index contributed by atoms with van der Waals surface area (Å²) in [6.45, 7) is 0.296. The molecule has 1 aromatic heterocycles. The highest BCUT2D eigenvalue weighted by Gasteiger charge is 2.18. The number of hydrogen-bond donors (Lipinski definition) is 1. The normalized spacial score (nSPS) is 15.1. The minimum atomic E-state index is -0.131. The summed E-state index contributed by atoms with van der Waals surface area (Å²) in [6.07, 6.45) is 5.76. The Morgan fingerprint density at radius 2 is 1.81 bits per heavy atom. The lowest BCUT2D eigenvalue weighted by Crippen LogP contribution is -2.35. The first-order valence-corrected chi connectivity index (χ1v) is 9.30. The van der Waals surface area contributed by atoms with Crippen LogP contribution in [0, 0.1) is 0 Å². The molecular weight excluding hydrogens is 326 g/mol. The Kier molecular flexibility index (Phi) is 4.91. The molecule has 1 fully saturated rings. The zero-order chi connectivity index (χ0) is 17.8. The summed E-state index contributed by atoms with van der Waals surface area (Å²) in [4.78, 5) is 12.3. The third-order valence-corrected chi connectivity index (χ3v) is 4.95. The molecule has 4 heteroatoms. The molecule has 1 aliphatic carbocycles. The van der Waals surface area contributed by atoms with Crippen molar-refractivity contribution in [1.82, 2.24) is 5.32 Å². The lowest BCUT2D eigenvalue weighted by Gasteiger charge is -2.22. The van der Waals surface area contributed by atoms with Crippen LogP contribution >= 0.6 is 0 Å². The van der Waals surface area contributed by atoms with Gasteiger partial charge >= 0.3 is 0 Å². The first-order valence-electron chi connectivity index (χ1n) is 9.30. The van der Waals surface area contributed by atoms with Gasteiger partial charge in [0.15, 0.2) is 5.76 Å². The van der Waals surface area contributed by atoms with Crippen LogP contribution in [0.25, 0.3) is 10.8 Å². The van der Waals surface area contributed by atoms with E-state index in [4.69, 9.17) is 9.15 Å². The van der Waals surface area contributed by atoms with Crippen molar-refractivity contribution >= 4 is 16.7 Å². The van der Waals surface area contributed by atoms with Crippen LogP contribution in [0.2, 0.25) is 0 Å². The molecule has 0 aliphatic heterocycles. The van der Waals surface area contributed by atoms with Crippen molar-refractivity contribution in [3.63, 3.8) is 0 Å². The molecular formula is C22H23NO3.